The normalized spacial score (nSPS) is 37.3. The van der Waals surface area contributed by atoms with Crippen LogP contribution in [0, 0.1) is 11.3 Å². The standard InChI is InChI=1S/C15H22O5S3/c1-4-15(2,3)14(17)21-7-8(16)5-9-10-6-11-13(22-10)12(9)20-23(11,18)19/h9-13H,4-7H2,1-3H3. The van der Waals surface area contributed by atoms with Gasteiger partial charge >= 0.3 is 0 Å². The smallest absolute Gasteiger partial charge is 0.271 e. The van der Waals surface area contributed by atoms with Crippen LogP contribution in [0.25, 0.3) is 0 Å². The maximum atomic E-state index is 12.2. The van der Waals surface area contributed by atoms with Gasteiger partial charge in [0.25, 0.3) is 10.1 Å². The number of thioether (sulfide) groups is 2. The molecule has 3 heterocycles. The number of ketones is 1. The first-order chi connectivity index (χ1) is 10.7. The zero-order valence-corrected chi connectivity index (χ0v) is 15.9. The molecule has 2 bridgehead atoms. The maximum Gasteiger partial charge on any atom is 0.271 e. The van der Waals surface area contributed by atoms with E-state index in [0.29, 0.717) is 12.8 Å². The summed E-state index contributed by atoms with van der Waals surface area (Å²) in [6.45, 7) is 5.73. The number of hydrogen-bond donors (Lipinski definition) is 0. The summed E-state index contributed by atoms with van der Waals surface area (Å²) in [6, 6.07) is 0. The van der Waals surface area contributed by atoms with Gasteiger partial charge in [0, 0.05) is 23.0 Å². The third-order valence-electron chi connectivity index (χ3n) is 5.27. The molecule has 0 aliphatic carbocycles. The van der Waals surface area contributed by atoms with Crippen molar-refractivity contribution in [2.75, 3.05) is 5.75 Å². The fourth-order valence-corrected chi connectivity index (χ4v) is 8.67. The largest absolute Gasteiger partial charge is 0.299 e. The van der Waals surface area contributed by atoms with Crippen LogP contribution in [0.3, 0.4) is 0 Å². The van der Waals surface area contributed by atoms with Gasteiger partial charge in [-0.15, -0.1) is 0 Å². The van der Waals surface area contributed by atoms with Crippen molar-refractivity contribution in [3.05, 3.63) is 0 Å². The molecule has 0 aromatic heterocycles. The number of fused-ring (bicyclic) bond motifs is 1. The van der Waals surface area contributed by atoms with Gasteiger partial charge in [-0.1, -0.05) is 32.5 Å². The first-order valence-electron chi connectivity index (χ1n) is 7.92. The van der Waals surface area contributed by atoms with Crippen molar-refractivity contribution in [3.63, 3.8) is 0 Å². The van der Waals surface area contributed by atoms with Gasteiger partial charge in [0.15, 0.2) is 5.12 Å². The SMILES string of the molecule is CCC(C)(C)C(=O)SCC(=O)CC1C2CC3C(S2)C1OS3(=O)=O. The molecule has 0 aromatic rings. The topological polar surface area (TPSA) is 77.5 Å². The Labute approximate surface area is 145 Å². The monoisotopic (exact) mass is 378 g/mol. The molecule has 0 aromatic carbocycles. The quantitative estimate of drug-likeness (QED) is 0.656. The molecular weight excluding hydrogens is 356 g/mol. The van der Waals surface area contributed by atoms with E-state index in [2.05, 4.69) is 0 Å². The van der Waals surface area contributed by atoms with Gasteiger partial charge in [0.1, 0.15) is 11.0 Å². The molecular formula is C15H22O5S3. The summed E-state index contributed by atoms with van der Waals surface area (Å²) >= 11 is 2.75. The minimum absolute atomic E-state index is 0.00360. The summed E-state index contributed by atoms with van der Waals surface area (Å²) in [5.74, 6) is 0.155. The molecule has 0 spiro atoms. The van der Waals surface area contributed by atoms with E-state index in [-0.39, 0.29) is 44.4 Å². The highest BCUT2D eigenvalue weighted by molar-refractivity contribution is 8.14. The molecule has 3 aliphatic rings. The lowest BCUT2D eigenvalue weighted by molar-refractivity contribution is -0.120. The molecule has 130 valence electrons. The second kappa shape index (κ2) is 6.04. The molecule has 3 aliphatic heterocycles. The molecule has 0 amide bonds. The van der Waals surface area contributed by atoms with Crippen molar-refractivity contribution in [2.45, 2.75) is 61.9 Å². The third kappa shape index (κ3) is 3.12. The molecule has 5 atom stereocenters. The molecule has 0 radical (unpaired) electrons. The summed E-state index contributed by atoms with van der Waals surface area (Å²) in [5.41, 5.74) is -0.414. The minimum atomic E-state index is -3.44. The Bertz CT molecular complexity index is 627. The Kier molecular flexibility index (Phi) is 4.66. The fraction of sp³-hybridized carbons (Fsp3) is 0.867. The zero-order valence-electron chi connectivity index (χ0n) is 13.5. The summed E-state index contributed by atoms with van der Waals surface area (Å²) in [6.07, 6.45) is 1.31. The molecule has 0 saturated carbocycles. The van der Waals surface area contributed by atoms with Crippen LogP contribution in [0.4, 0.5) is 0 Å². The van der Waals surface area contributed by atoms with Crippen LogP contribution in [0.5, 0.6) is 0 Å². The van der Waals surface area contributed by atoms with E-state index in [1.54, 1.807) is 11.8 Å². The van der Waals surface area contributed by atoms with E-state index >= 15 is 0 Å². The Balaban J connectivity index is 1.55. The van der Waals surface area contributed by atoms with Crippen molar-refractivity contribution >= 4 is 44.5 Å². The average Bonchev–Trinajstić information content (AvgIpc) is 3.08. The van der Waals surface area contributed by atoms with Gasteiger partial charge in [0.2, 0.25) is 0 Å². The predicted octanol–water partition coefficient (Wildman–Crippen LogP) is 2.24. The minimum Gasteiger partial charge on any atom is -0.299 e. The van der Waals surface area contributed by atoms with E-state index in [9.17, 15) is 18.0 Å². The molecule has 3 fully saturated rings. The van der Waals surface area contributed by atoms with Gasteiger partial charge in [-0.25, -0.2) is 0 Å². The Hall–Kier alpha value is -0.0500. The lowest BCUT2D eigenvalue weighted by Crippen LogP contribution is -2.35. The van der Waals surface area contributed by atoms with E-state index in [0.717, 1.165) is 18.2 Å². The molecule has 5 nitrogen and oxygen atoms in total. The van der Waals surface area contributed by atoms with Crippen molar-refractivity contribution < 1.29 is 22.2 Å². The summed E-state index contributed by atoms with van der Waals surface area (Å²) in [5, 5.41) is -0.147. The first kappa shape index (κ1) is 17.8. The molecule has 0 N–H and O–H groups in total. The fourth-order valence-electron chi connectivity index (χ4n) is 3.42. The average molecular weight is 379 g/mol. The second-order valence-corrected chi connectivity index (χ2v) is 11.3. The van der Waals surface area contributed by atoms with Crippen LogP contribution in [-0.2, 0) is 23.9 Å². The summed E-state index contributed by atoms with van der Waals surface area (Å²) in [7, 11) is -3.44. The van der Waals surface area contributed by atoms with Gasteiger partial charge in [-0.2, -0.15) is 20.2 Å². The maximum absolute atomic E-state index is 12.2. The van der Waals surface area contributed by atoms with Crippen molar-refractivity contribution in [2.24, 2.45) is 11.3 Å². The Morgan fingerprint density at radius 1 is 1.35 bits per heavy atom. The van der Waals surface area contributed by atoms with Gasteiger partial charge in [0.05, 0.1) is 17.1 Å². The van der Waals surface area contributed by atoms with Crippen molar-refractivity contribution in [3.8, 4) is 0 Å². The number of Topliss-reactive ketones (excluding diaryl/α,β-unsaturated/α-hetero) is 1. The number of carbonyl (C=O) groups excluding carboxylic acids is 2. The molecule has 8 heteroatoms. The van der Waals surface area contributed by atoms with Crippen LogP contribution >= 0.6 is 23.5 Å². The lowest BCUT2D eigenvalue weighted by Gasteiger charge is -2.23. The van der Waals surface area contributed by atoms with Gasteiger partial charge in [-0.3, -0.25) is 13.8 Å². The van der Waals surface area contributed by atoms with E-state index in [1.165, 1.54) is 0 Å². The Morgan fingerprint density at radius 2 is 2.04 bits per heavy atom. The van der Waals surface area contributed by atoms with Gasteiger partial charge in [-0.05, 0) is 12.8 Å². The number of rotatable bonds is 6. The summed E-state index contributed by atoms with van der Waals surface area (Å²) < 4.78 is 29.1. The highest BCUT2D eigenvalue weighted by atomic mass is 32.2. The van der Waals surface area contributed by atoms with Crippen LogP contribution in [0.15, 0.2) is 0 Å². The van der Waals surface area contributed by atoms with Crippen LogP contribution < -0.4 is 0 Å². The lowest BCUT2D eigenvalue weighted by atomic mass is 9.83. The number of hydrogen-bond acceptors (Lipinski definition) is 7. The predicted molar refractivity (Wildman–Crippen MR) is 92.0 cm³/mol. The Morgan fingerprint density at radius 3 is 2.70 bits per heavy atom. The van der Waals surface area contributed by atoms with Crippen LogP contribution in [0.2, 0.25) is 0 Å². The van der Waals surface area contributed by atoms with Gasteiger partial charge < -0.3 is 0 Å². The van der Waals surface area contributed by atoms with Crippen LogP contribution in [-0.4, -0.2) is 46.9 Å². The third-order valence-corrected chi connectivity index (χ3v) is 10.2. The van der Waals surface area contributed by atoms with Crippen molar-refractivity contribution in [1.82, 2.24) is 0 Å². The highest BCUT2D eigenvalue weighted by Gasteiger charge is 2.64. The summed E-state index contributed by atoms with van der Waals surface area (Å²) in [4.78, 5) is 24.3. The van der Waals surface area contributed by atoms with E-state index in [4.69, 9.17) is 4.18 Å². The molecule has 23 heavy (non-hydrogen) atoms. The molecule has 3 saturated heterocycles. The number of carbonyl (C=O) groups is 2. The van der Waals surface area contributed by atoms with Crippen molar-refractivity contribution in [1.29, 1.82) is 0 Å². The van der Waals surface area contributed by atoms with E-state index < -0.39 is 15.5 Å². The van der Waals surface area contributed by atoms with Crippen LogP contribution in [0.1, 0.15) is 40.0 Å². The van der Waals surface area contributed by atoms with E-state index in [1.807, 2.05) is 20.8 Å². The first-order valence-corrected chi connectivity index (χ1v) is 11.3. The zero-order chi connectivity index (χ0) is 17.0. The molecule has 3 rings (SSSR count). The second-order valence-electron chi connectivity index (χ2n) is 7.19. The highest BCUT2D eigenvalue weighted by Crippen LogP contribution is 2.58. The molecule has 5 unspecified atom stereocenters.